The molecule has 152 valence electrons. The highest BCUT2D eigenvalue weighted by Gasteiger charge is 2.23. The zero-order valence-electron chi connectivity index (χ0n) is 16.1. The summed E-state index contributed by atoms with van der Waals surface area (Å²) >= 11 is 0. The molecule has 8 nitrogen and oxygen atoms in total. The average Bonchev–Trinajstić information content (AvgIpc) is 3.15. The Hall–Kier alpha value is -1.84. The van der Waals surface area contributed by atoms with Crippen molar-refractivity contribution in [3.8, 4) is 5.75 Å². The maximum Gasteiger partial charge on any atom is 0.210 e. The van der Waals surface area contributed by atoms with Gasteiger partial charge in [0.15, 0.2) is 5.96 Å². The minimum atomic E-state index is -3.50. The van der Waals surface area contributed by atoms with Crippen LogP contribution in [-0.2, 0) is 10.0 Å². The maximum absolute atomic E-state index is 11.1. The van der Waals surface area contributed by atoms with Gasteiger partial charge in [0, 0.05) is 13.1 Å². The van der Waals surface area contributed by atoms with Crippen molar-refractivity contribution in [2.24, 2.45) is 10.1 Å². The molecule has 1 aliphatic rings. The van der Waals surface area contributed by atoms with E-state index in [0.717, 1.165) is 18.8 Å². The Bertz CT molecular complexity index is 717. The third-order valence-corrected chi connectivity index (χ3v) is 5.28. The number of sulfonamides is 1. The topological polar surface area (TPSA) is 109 Å². The number of nitrogens with one attached hydrogen (secondary N) is 2. The average molecular weight is 398 g/mol. The van der Waals surface area contributed by atoms with Crippen LogP contribution in [-0.4, -0.2) is 64.9 Å². The van der Waals surface area contributed by atoms with Crippen molar-refractivity contribution in [1.29, 1.82) is 0 Å². The van der Waals surface area contributed by atoms with E-state index >= 15 is 0 Å². The zero-order chi connectivity index (χ0) is 19.7. The number of nitrogens with two attached hydrogens (primary N) is 1. The Labute approximate surface area is 162 Å². The van der Waals surface area contributed by atoms with Gasteiger partial charge in [-0.15, -0.1) is 0 Å². The molecule has 0 bridgehead atoms. The molecule has 1 aromatic carbocycles. The van der Waals surface area contributed by atoms with Crippen LogP contribution in [0.1, 0.15) is 31.4 Å². The molecule has 1 aromatic rings. The van der Waals surface area contributed by atoms with Gasteiger partial charge in [-0.3, -0.25) is 9.89 Å². The Morgan fingerprint density at radius 3 is 2.70 bits per heavy atom. The van der Waals surface area contributed by atoms with Gasteiger partial charge in [-0.1, -0.05) is 12.1 Å². The predicted molar refractivity (Wildman–Crippen MR) is 108 cm³/mol. The summed E-state index contributed by atoms with van der Waals surface area (Å²) in [5.41, 5.74) is 1.17. The van der Waals surface area contributed by atoms with Crippen LogP contribution < -0.4 is 20.5 Å². The van der Waals surface area contributed by atoms with Crippen LogP contribution in [0.5, 0.6) is 5.75 Å². The number of hydrogen-bond acceptors (Lipinski definition) is 5. The van der Waals surface area contributed by atoms with Crippen LogP contribution in [0.2, 0.25) is 0 Å². The summed E-state index contributed by atoms with van der Waals surface area (Å²) in [4.78, 5) is 7.12. The van der Waals surface area contributed by atoms with Crippen LogP contribution in [0.3, 0.4) is 0 Å². The fraction of sp³-hybridized carbons (Fsp3) is 0.611. The third kappa shape index (κ3) is 7.36. The Morgan fingerprint density at radius 1 is 1.33 bits per heavy atom. The number of ether oxygens (including phenoxy) is 1. The van der Waals surface area contributed by atoms with E-state index in [1.807, 2.05) is 19.1 Å². The quantitative estimate of drug-likeness (QED) is 0.418. The van der Waals surface area contributed by atoms with Crippen LogP contribution in [0.4, 0.5) is 0 Å². The summed E-state index contributed by atoms with van der Waals surface area (Å²) in [6.07, 6.45) is 2.38. The number of rotatable bonds is 9. The SMILES string of the molecule is CCNC(=NCC(c1cccc(OC)c1)N1CCCC1)NCCS(N)(=O)=O. The second-order valence-electron chi connectivity index (χ2n) is 6.55. The van der Waals surface area contributed by atoms with Crippen molar-refractivity contribution < 1.29 is 13.2 Å². The Kier molecular flexibility index (Phi) is 8.33. The van der Waals surface area contributed by atoms with Crippen molar-refractivity contribution in [2.75, 3.05) is 45.6 Å². The summed E-state index contributed by atoms with van der Waals surface area (Å²) in [5, 5.41) is 11.2. The molecular formula is C18H31N5O3S. The molecule has 4 N–H and O–H groups in total. The molecule has 1 unspecified atom stereocenters. The number of methoxy groups -OCH3 is 1. The lowest BCUT2D eigenvalue weighted by Crippen LogP contribution is -2.41. The van der Waals surface area contributed by atoms with Gasteiger partial charge < -0.3 is 15.4 Å². The standard InChI is InChI=1S/C18H31N5O3S/c1-3-20-18(21-9-12-27(19,24)25)22-14-17(23-10-4-5-11-23)15-7-6-8-16(13-15)26-2/h6-8,13,17H,3-5,9-12,14H2,1-2H3,(H2,19,24,25)(H2,20,21,22). The molecule has 2 rings (SSSR count). The predicted octanol–water partition coefficient (Wildman–Crippen LogP) is 0.676. The molecule has 0 radical (unpaired) electrons. The van der Waals surface area contributed by atoms with E-state index in [2.05, 4.69) is 32.7 Å². The summed E-state index contributed by atoms with van der Waals surface area (Å²) in [5.74, 6) is 1.29. The molecule has 1 saturated heterocycles. The van der Waals surface area contributed by atoms with Crippen LogP contribution in [0.25, 0.3) is 0 Å². The zero-order valence-corrected chi connectivity index (χ0v) is 17.0. The first-order chi connectivity index (χ1) is 12.9. The van der Waals surface area contributed by atoms with Crippen LogP contribution in [0.15, 0.2) is 29.3 Å². The van der Waals surface area contributed by atoms with E-state index in [9.17, 15) is 8.42 Å². The lowest BCUT2D eigenvalue weighted by molar-refractivity contribution is 0.251. The molecule has 0 saturated carbocycles. The number of benzene rings is 1. The minimum Gasteiger partial charge on any atom is -0.497 e. The summed E-state index contributed by atoms with van der Waals surface area (Å²) in [6, 6.07) is 8.24. The highest BCUT2D eigenvalue weighted by Crippen LogP contribution is 2.27. The highest BCUT2D eigenvalue weighted by atomic mass is 32.2. The first kappa shape index (κ1) is 21.5. The molecule has 1 fully saturated rings. The number of nitrogens with zero attached hydrogens (tertiary/aromatic N) is 2. The monoisotopic (exact) mass is 397 g/mol. The van der Waals surface area contributed by atoms with E-state index in [1.165, 1.54) is 18.4 Å². The van der Waals surface area contributed by atoms with Gasteiger partial charge >= 0.3 is 0 Å². The Morgan fingerprint density at radius 2 is 2.07 bits per heavy atom. The highest BCUT2D eigenvalue weighted by molar-refractivity contribution is 7.89. The van der Waals surface area contributed by atoms with Gasteiger partial charge in [0.25, 0.3) is 0 Å². The molecule has 0 aliphatic carbocycles. The molecule has 0 aromatic heterocycles. The molecule has 1 heterocycles. The fourth-order valence-corrected chi connectivity index (χ4v) is 3.55. The largest absolute Gasteiger partial charge is 0.497 e. The summed E-state index contributed by atoms with van der Waals surface area (Å²) in [7, 11) is -1.83. The molecule has 1 aliphatic heterocycles. The molecule has 27 heavy (non-hydrogen) atoms. The number of guanidine groups is 1. The number of likely N-dealkylation sites (tertiary alicyclic amines) is 1. The van der Waals surface area contributed by atoms with Gasteiger partial charge in [0.2, 0.25) is 10.0 Å². The van der Waals surface area contributed by atoms with Crippen molar-refractivity contribution in [2.45, 2.75) is 25.8 Å². The Balaban J connectivity index is 2.12. The van der Waals surface area contributed by atoms with Crippen LogP contribution in [0, 0.1) is 0 Å². The molecule has 9 heteroatoms. The van der Waals surface area contributed by atoms with Gasteiger partial charge in [-0.05, 0) is 50.6 Å². The van der Waals surface area contributed by atoms with Crippen molar-refractivity contribution in [3.63, 3.8) is 0 Å². The van der Waals surface area contributed by atoms with Gasteiger partial charge in [-0.2, -0.15) is 0 Å². The molecular weight excluding hydrogens is 366 g/mol. The first-order valence-electron chi connectivity index (χ1n) is 9.33. The van der Waals surface area contributed by atoms with E-state index in [0.29, 0.717) is 19.0 Å². The third-order valence-electron chi connectivity index (χ3n) is 4.51. The van der Waals surface area contributed by atoms with Gasteiger partial charge in [-0.25, -0.2) is 13.6 Å². The molecule has 0 spiro atoms. The second-order valence-corrected chi connectivity index (χ2v) is 8.28. The fourth-order valence-electron chi connectivity index (χ4n) is 3.16. The molecule has 1 atom stereocenters. The smallest absolute Gasteiger partial charge is 0.210 e. The number of aliphatic imine (C=N–C) groups is 1. The van der Waals surface area contributed by atoms with E-state index in [1.54, 1.807) is 7.11 Å². The molecule has 0 amide bonds. The lowest BCUT2D eigenvalue weighted by Gasteiger charge is -2.27. The van der Waals surface area contributed by atoms with Gasteiger partial charge in [0.05, 0.1) is 25.4 Å². The van der Waals surface area contributed by atoms with Crippen molar-refractivity contribution in [1.82, 2.24) is 15.5 Å². The number of hydrogen-bond donors (Lipinski definition) is 3. The van der Waals surface area contributed by atoms with Crippen molar-refractivity contribution >= 4 is 16.0 Å². The maximum atomic E-state index is 11.1. The lowest BCUT2D eigenvalue weighted by atomic mass is 10.1. The normalized spacial score (nSPS) is 16.9. The van der Waals surface area contributed by atoms with Crippen molar-refractivity contribution in [3.05, 3.63) is 29.8 Å². The van der Waals surface area contributed by atoms with E-state index in [-0.39, 0.29) is 18.3 Å². The first-order valence-corrected chi connectivity index (χ1v) is 11.0. The second kappa shape index (κ2) is 10.5. The summed E-state index contributed by atoms with van der Waals surface area (Å²) < 4.78 is 27.6. The van der Waals surface area contributed by atoms with E-state index < -0.39 is 10.0 Å². The number of primary sulfonamides is 1. The van der Waals surface area contributed by atoms with Crippen LogP contribution >= 0.6 is 0 Å². The summed E-state index contributed by atoms with van der Waals surface area (Å²) in [6.45, 7) is 5.54. The van der Waals surface area contributed by atoms with Gasteiger partial charge in [0.1, 0.15) is 5.75 Å². The minimum absolute atomic E-state index is 0.136. The van der Waals surface area contributed by atoms with E-state index in [4.69, 9.17) is 9.88 Å².